The molecule has 0 radical (unpaired) electrons. The first-order valence-electron chi connectivity index (χ1n) is 8.32. The molecule has 3 rings (SSSR count). The van der Waals surface area contributed by atoms with Crippen LogP contribution >= 0.6 is 46.1 Å². The Morgan fingerprint density at radius 1 is 1.04 bits per heavy atom. The van der Waals surface area contributed by atoms with Crippen molar-refractivity contribution in [1.82, 2.24) is 5.16 Å². The molecule has 1 aromatic carbocycles. The van der Waals surface area contributed by atoms with E-state index in [1.54, 1.807) is 11.3 Å². The predicted octanol–water partition coefficient (Wildman–Crippen LogP) is 7.46. The van der Waals surface area contributed by atoms with E-state index in [2.05, 4.69) is 5.16 Å². The molecular formula is C19H18Cl3NO2S. The van der Waals surface area contributed by atoms with Crippen LogP contribution in [0.3, 0.4) is 0 Å². The molecule has 7 heteroatoms. The molecule has 2 heterocycles. The highest BCUT2D eigenvalue weighted by Crippen LogP contribution is 2.41. The Morgan fingerprint density at radius 3 is 2.42 bits per heavy atom. The van der Waals surface area contributed by atoms with E-state index in [1.807, 2.05) is 36.6 Å². The molecule has 0 aliphatic carbocycles. The van der Waals surface area contributed by atoms with E-state index >= 15 is 0 Å². The van der Waals surface area contributed by atoms with Crippen molar-refractivity contribution < 1.29 is 9.26 Å². The monoisotopic (exact) mass is 429 g/mol. The smallest absolute Gasteiger partial charge is 0.156 e. The second-order valence-corrected chi connectivity index (χ2v) is 8.10. The van der Waals surface area contributed by atoms with Gasteiger partial charge in [0.15, 0.2) is 5.75 Å². The van der Waals surface area contributed by atoms with Crippen LogP contribution in [0, 0.1) is 6.92 Å². The largest absolute Gasteiger partial charge is 0.490 e. The molecule has 0 aliphatic heterocycles. The standard InChI is InChI=1S/C19H18Cl3NO2S/c1-12-9-14(25-23-12)5-3-2-4-7-24-18-16(21)10-13(11-17(18)22)19-15(20)6-8-26-19/h6,8-11H,2-5,7H2,1H3. The minimum atomic E-state index is 0.495. The number of nitrogens with zero attached hydrogens (tertiary/aromatic N) is 1. The maximum absolute atomic E-state index is 6.36. The first kappa shape index (κ1) is 19.6. The summed E-state index contributed by atoms with van der Waals surface area (Å²) in [6, 6.07) is 7.50. The van der Waals surface area contributed by atoms with Gasteiger partial charge in [0.05, 0.1) is 32.2 Å². The maximum Gasteiger partial charge on any atom is 0.156 e. The van der Waals surface area contributed by atoms with E-state index in [4.69, 9.17) is 44.1 Å². The number of hydrogen-bond donors (Lipinski definition) is 0. The quantitative estimate of drug-likeness (QED) is 0.348. The Bertz CT molecular complexity index is 852. The molecule has 0 fully saturated rings. The van der Waals surface area contributed by atoms with Gasteiger partial charge in [0.25, 0.3) is 0 Å². The summed E-state index contributed by atoms with van der Waals surface area (Å²) < 4.78 is 11.0. The number of halogens is 3. The fourth-order valence-electron chi connectivity index (χ4n) is 2.62. The van der Waals surface area contributed by atoms with E-state index in [1.165, 1.54) is 0 Å². The van der Waals surface area contributed by atoms with Gasteiger partial charge in [-0.3, -0.25) is 0 Å². The van der Waals surface area contributed by atoms with E-state index in [-0.39, 0.29) is 0 Å². The highest BCUT2D eigenvalue weighted by atomic mass is 35.5. The number of benzene rings is 1. The molecule has 0 spiro atoms. The van der Waals surface area contributed by atoms with Crippen LogP contribution in [0.4, 0.5) is 0 Å². The third-order valence-electron chi connectivity index (χ3n) is 3.87. The molecule has 0 bridgehead atoms. The Morgan fingerprint density at radius 2 is 1.81 bits per heavy atom. The molecule has 3 nitrogen and oxygen atoms in total. The summed E-state index contributed by atoms with van der Waals surface area (Å²) >= 11 is 20.4. The van der Waals surface area contributed by atoms with Gasteiger partial charge in [-0.2, -0.15) is 0 Å². The molecule has 0 unspecified atom stereocenters. The van der Waals surface area contributed by atoms with Gasteiger partial charge < -0.3 is 9.26 Å². The van der Waals surface area contributed by atoms with Crippen molar-refractivity contribution in [3.63, 3.8) is 0 Å². The van der Waals surface area contributed by atoms with Crippen LogP contribution in [0.5, 0.6) is 5.75 Å². The second kappa shape index (κ2) is 9.14. The molecule has 0 saturated heterocycles. The summed E-state index contributed by atoms with van der Waals surface area (Å²) in [6.07, 6.45) is 3.85. The normalized spacial score (nSPS) is 11.1. The lowest BCUT2D eigenvalue weighted by molar-refractivity contribution is 0.304. The van der Waals surface area contributed by atoms with Gasteiger partial charge in [-0.15, -0.1) is 11.3 Å². The van der Waals surface area contributed by atoms with Crippen molar-refractivity contribution in [2.75, 3.05) is 6.61 Å². The molecular weight excluding hydrogens is 413 g/mol. The highest BCUT2D eigenvalue weighted by molar-refractivity contribution is 7.14. The highest BCUT2D eigenvalue weighted by Gasteiger charge is 2.13. The number of hydrogen-bond acceptors (Lipinski definition) is 4. The third-order valence-corrected chi connectivity index (χ3v) is 5.82. The average molecular weight is 431 g/mol. The van der Waals surface area contributed by atoms with Gasteiger partial charge in [0, 0.05) is 12.5 Å². The number of unbranched alkanes of at least 4 members (excludes halogenated alkanes) is 2. The number of thiophene rings is 1. The van der Waals surface area contributed by atoms with E-state index in [0.717, 1.165) is 47.6 Å². The van der Waals surface area contributed by atoms with Crippen molar-refractivity contribution in [2.24, 2.45) is 0 Å². The molecule has 0 aliphatic rings. The van der Waals surface area contributed by atoms with E-state index in [0.29, 0.717) is 27.4 Å². The Balaban J connectivity index is 1.49. The number of ether oxygens (including phenoxy) is 1. The summed E-state index contributed by atoms with van der Waals surface area (Å²) in [4.78, 5) is 0.949. The molecule has 2 aromatic heterocycles. The van der Waals surface area contributed by atoms with E-state index < -0.39 is 0 Å². The molecule has 26 heavy (non-hydrogen) atoms. The van der Waals surface area contributed by atoms with Crippen molar-refractivity contribution in [3.05, 3.63) is 56.2 Å². The minimum absolute atomic E-state index is 0.495. The fourth-order valence-corrected chi connectivity index (χ4v) is 4.37. The zero-order valence-electron chi connectivity index (χ0n) is 14.2. The second-order valence-electron chi connectivity index (χ2n) is 5.96. The van der Waals surface area contributed by atoms with Crippen molar-refractivity contribution >= 4 is 46.1 Å². The van der Waals surface area contributed by atoms with Crippen LogP contribution in [0.1, 0.15) is 30.7 Å². The molecule has 0 N–H and O–H groups in total. The lowest BCUT2D eigenvalue weighted by Crippen LogP contribution is -1.99. The number of rotatable bonds is 8. The predicted molar refractivity (Wildman–Crippen MR) is 109 cm³/mol. The number of aromatic nitrogens is 1. The van der Waals surface area contributed by atoms with Crippen LogP contribution < -0.4 is 4.74 Å². The Kier molecular flexibility index (Phi) is 6.87. The SMILES string of the molecule is Cc1cc(CCCCCOc2c(Cl)cc(-c3sccc3Cl)cc2Cl)on1. The van der Waals surface area contributed by atoms with Crippen LogP contribution in [-0.2, 0) is 6.42 Å². The van der Waals surface area contributed by atoms with Crippen LogP contribution in [-0.4, -0.2) is 11.8 Å². The Hall–Kier alpha value is -1.20. The first-order valence-corrected chi connectivity index (χ1v) is 10.3. The molecule has 138 valence electrons. The first-order chi connectivity index (χ1) is 12.5. The summed E-state index contributed by atoms with van der Waals surface area (Å²) in [6.45, 7) is 2.49. The zero-order valence-corrected chi connectivity index (χ0v) is 17.3. The van der Waals surface area contributed by atoms with Crippen molar-refractivity contribution in [2.45, 2.75) is 32.6 Å². The lowest BCUT2D eigenvalue weighted by Gasteiger charge is -2.11. The summed E-state index contributed by atoms with van der Waals surface area (Å²) in [7, 11) is 0. The average Bonchev–Trinajstić information content (AvgIpc) is 3.20. The molecule has 3 aromatic rings. The lowest BCUT2D eigenvalue weighted by atomic mass is 10.1. The van der Waals surface area contributed by atoms with Gasteiger partial charge in [-0.05, 0) is 55.3 Å². The van der Waals surface area contributed by atoms with Crippen molar-refractivity contribution in [3.8, 4) is 16.2 Å². The summed E-state index contributed by atoms with van der Waals surface area (Å²) in [5.74, 6) is 1.45. The van der Waals surface area contributed by atoms with Gasteiger partial charge in [0.1, 0.15) is 5.76 Å². The van der Waals surface area contributed by atoms with Crippen molar-refractivity contribution in [1.29, 1.82) is 0 Å². The molecule has 0 amide bonds. The topological polar surface area (TPSA) is 35.3 Å². The molecule has 0 atom stereocenters. The van der Waals surface area contributed by atoms with E-state index in [9.17, 15) is 0 Å². The van der Waals surface area contributed by atoms with Gasteiger partial charge in [0.2, 0.25) is 0 Å². The maximum atomic E-state index is 6.36. The Labute approximate surface area is 171 Å². The van der Waals surface area contributed by atoms with Gasteiger partial charge in [-0.25, -0.2) is 0 Å². The number of aryl methyl sites for hydroxylation is 2. The minimum Gasteiger partial charge on any atom is -0.490 e. The van der Waals surface area contributed by atoms with Crippen LogP contribution in [0.2, 0.25) is 15.1 Å². The van der Waals surface area contributed by atoms with Crippen LogP contribution in [0.15, 0.2) is 34.2 Å². The zero-order chi connectivity index (χ0) is 18.5. The summed E-state index contributed by atoms with van der Waals surface area (Å²) in [5, 5.41) is 7.50. The molecule has 0 saturated carbocycles. The fraction of sp³-hybridized carbons (Fsp3) is 0.316. The van der Waals surface area contributed by atoms with Crippen LogP contribution in [0.25, 0.3) is 10.4 Å². The van der Waals surface area contributed by atoms with Gasteiger partial charge >= 0.3 is 0 Å². The summed E-state index contributed by atoms with van der Waals surface area (Å²) in [5.41, 5.74) is 1.81. The third kappa shape index (κ3) is 4.95. The van der Waals surface area contributed by atoms with Gasteiger partial charge in [-0.1, -0.05) is 40.0 Å².